The third-order valence-electron chi connectivity index (χ3n) is 13.9. The van der Waals surface area contributed by atoms with Crippen LogP contribution in [0.3, 0.4) is 0 Å². The molecule has 65 heavy (non-hydrogen) atoms. The van der Waals surface area contributed by atoms with E-state index >= 15 is 4.79 Å². The van der Waals surface area contributed by atoms with Gasteiger partial charge in [0.25, 0.3) is 5.91 Å². The van der Waals surface area contributed by atoms with E-state index in [2.05, 4.69) is 5.32 Å². The highest BCUT2D eigenvalue weighted by Gasteiger charge is 2.78. The standard InChI is InChI=1S/C49H55NO15/c1-8-60-32-21-15-20-31(22-32)44(57)64-42-40-47(7,34(53)23-35-48(40,25-61-35)65-28(4)52)41(55)39(62-27(3)51)36-26(2)33(24-49(42,59)46(36,5)6)63-45(58)38(54)37(29-16-11-9-12-17-29)50-43(56)30-18-13-10-14-19-30/h9-22,33-35,37-40,42,53-54,59H,8,23-25H2,1-7H3,(H,50,56)/t33-,34-,35+,37-,38+,39+,40-,42-,47+,48-,49+/m0/s1. The molecule has 4 aliphatic rings. The average Bonchev–Trinajstić information content (AvgIpc) is 3.26. The van der Waals surface area contributed by atoms with Crippen molar-refractivity contribution in [2.75, 3.05) is 13.2 Å². The number of carbonyl (C=O) groups is 6. The van der Waals surface area contributed by atoms with Gasteiger partial charge in [0.1, 0.15) is 29.7 Å². The maximum Gasteiger partial charge on any atom is 0.338 e. The number of ether oxygens (including phenoxy) is 6. The second kappa shape index (κ2) is 17.8. The molecule has 16 nitrogen and oxygen atoms in total. The number of carbonyl (C=O) groups excluding carboxylic acids is 6. The minimum atomic E-state index is -2.43. The fourth-order valence-electron chi connectivity index (χ4n) is 10.5. The van der Waals surface area contributed by atoms with E-state index in [0.717, 1.165) is 13.8 Å². The predicted molar refractivity (Wildman–Crippen MR) is 229 cm³/mol. The Labute approximate surface area is 376 Å². The molecule has 3 aromatic carbocycles. The molecule has 0 radical (unpaired) electrons. The molecule has 3 aromatic rings. The van der Waals surface area contributed by atoms with Gasteiger partial charge in [-0.05, 0) is 67.8 Å². The van der Waals surface area contributed by atoms with Gasteiger partial charge in [0.05, 0.1) is 42.3 Å². The van der Waals surface area contributed by atoms with Gasteiger partial charge in [0.15, 0.2) is 23.6 Å². The fraction of sp³-hybridized carbons (Fsp3) is 0.469. The van der Waals surface area contributed by atoms with Gasteiger partial charge in [-0.3, -0.25) is 19.2 Å². The van der Waals surface area contributed by atoms with Gasteiger partial charge in [-0.1, -0.05) is 68.4 Å². The number of amides is 1. The topological polar surface area (TPSA) is 231 Å². The lowest BCUT2D eigenvalue weighted by molar-refractivity contribution is -0.346. The van der Waals surface area contributed by atoms with Gasteiger partial charge in [0.2, 0.25) is 0 Å². The number of esters is 4. The van der Waals surface area contributed by atoms with E-state index in [1.165, 1.54) is 26.0 Å². The first-order valence-electron chi connectivity index (χ1n) is 21.6. The molecule has 16 heteroatoms. The molecule has 1 amide bonds. The first kappa shape index (κ1) is 47.0. The minimum absolute atomic E-state index is 0.0112. The number of fused-ring (bicyclic) bond motifs is 5. The van der Waals surface area contributed by atoms with Gasteiger partial charge >= 0.3 is 23.9 Å². The number of hydrogen-bond acceptors (Lipinski definition) is 15. The number of aliphatic hydroxyl groups is 3. The molecule has 11 atom stereocenters. The van der Waals surface area contributed by atoms with Gasteiger partial charge in [-0.15, -0.1) is 0 Å². The molecular weight excluding hydrogens is 843 g/mol. The highest BCUT2D eigenvalue weighted by atomic mass is 16.6. The summed E-state index contributed by atoms with van der Waals surface area (Å²) in [5.74, 6) is -6.65. The Morgan fingerprint density at radius 2 is 1.52 bits per heavy atom. The number of rotatable bonds is 12. The molecule has 1 saturated heterocycles. The second-order valence-corrected chi connectivity index (χ2v) is 17.9. The normalized spacial score (nSPS) is 30.9. The third kappa shape index (κ3) is 8.10. The molecular formula is C49H55NO15. The lowest BCUT2D eigenvalue weighted by atomic mass is 9.44. The van der Waals surface area contributed by atoms with Crippen LogP contribution in [0.2, 0.25) is 0 Å². The van der Waals surface area contributed by atoms with Crippen molar-refractivity contribution in [1.29, 1.82) is 0 Å². The summed E-state index contributed by atoms with van der Waals surface area (Å²) in [7, 11) is 0. The molecule has 2 saturated carbocycles. The maximum atomic E-state index is 15.6. The number of aliphatic hydroxyl groups excluding tert-OH is 2. The summed E-state index contributed by atoms with van der Waals surface area (Å²) in [6.07, 6.45) is -10.7. The van der Waals surface area contributed by atoms with Crippen molar-refractivity contribution in [2.24, 2.45) is 16.7 Å². The monoisotopic (exact) mass is 897 g/mol. The van der Waals surface area contributed by atoms with Crippen LogP contribution in [0.4, 0.5) is 0 Å². The first-order chi connectivity index (χ1) is 30.7. The summed E-state index contributed by atoms with van der Waals surface area (Å²) < 4.78 is 36.1. The molecule has 7 rings (SSSR count). The van der Waals surface area contributed by atoms with Crippen LogP contribution in [0.1, 0.15) is 93.6 Å². The van der Waals surface area contributed by atoms with Crippen molar-refractivity contribution in [3.63, 3.8) is 0 Å². The van der Waals surface area contributed by atoms with Gasteiger partial charge in [-0.25, -0.2) is 9.59 Å². The van der Waals surface area contributed by atoms with E-state index in [-0.39, 0.29) is 41.9 Å². The number of Topliss-reactive ketones (excluding diaryl/α,β-unsaturated/α-hetero) is 1. The molecule has 0 spiro atoms. The smallest absolute Gasteiger partial charge is 0.338 e. The zero-order chi connectivity index (χ0) is 47.2. The summed E-state index contributed by atoms with van der Waals surface area (Å²) in [6.45, 7) is 9.96. The highest BCUT2D eigenvalue weighted by molar-refractivity contribution is 5.96. The van der Waals surface area contributed by atoms with E-state index < -0.39 is 113 Å². The lowest BCUT2D eigenvalue weighted by Crippen LogP contribution is -2.82. The van der Waals surface area contributed by atoms with Crippen molar-refractivity contribution in [3.05, 3.63) is 113 Å². The molecule has 0 unspecified atom stereocenters. The van der Waals surface area contributed by atoms with Crippen LogP contribution in [0, 0.1) is 16.7 Å². The Bertz CT molecular complexity index is 2380. The number of benzene rings is 3. The van der Waals surface area contributed by atoms with Crippen molar-refractivity contribution in [2.45, 2.75) is 115 Å². The van der Waals surface area contributed by atoms with Crippen molar-refractivity contribution >= 4 is 35.6 Å². The number of hydrogen-bond donors (Lipinski definition) is 4. The average molecular weight is 898 g/mol. The first-order valence-corrected chi connectivity index (χ1v) is 21.6. The largest absolute Gasteiger partial charge is 0.494 e. The number of nitrogens with one attached hydrogen (secondary N) is 1. The molecule has 4 N–H and O–H groups in total. The Balaban J connectivity index is 1.39. The van der Waals surface area contributed by atoms with E-state index in [0.29, 0.717) is 11.3 Å². The summed E-state index contributed by atoms with van der Waals surface area (Å²) >= 11 is 0. The summed E-state index contributed by atoms with van der Waals surface area (Å²) in [5, 5.41) is 40.5. The molecule has 1 heterocycles. The van der Waals surface area contributed by atoms with E-state index in [4.69, 9.17) is 28.4 Å². The van der Waals surface area contributed by atoms with E-state index in [1.807, 2.05) is 0 Å². The molecule has 3 aliphatic carbocycles. The minimum Gasteiger partial charge on any atom is -0.494 e. The van der Waals surface area contributed by atoms with Crippen LogP contribution in [0.25, 0.3) is 0 Å². The summed E-state index contributed by atoms with van der Waals surface area (Å²) in [5.41, 5.74) is -7.27. The lowest BCUT2D eigenvalue weighted by Gasteiger charge is -2.67. The van der Waals surface area contributed by atoms with Crippen molar-refractivity contribution in [1.82, 2.24) is 5.32 Å². The zero-order valence-corrected chi connectivity index (χ0v) is 37.3. The molecule has 2 bridgehead atoms. The Morgan fingerprint density at radius 3 is 2.12 bits per heavy atom. The number of ketones is 1. The Hall–Kier alpha value is -5.94. The quantitative estimate of drug-likeness (QED) is 0.114. The second-order valence-electron chi connectivity index (χ2n) is 17.9. The van der Waals surface area contributed by atoms with Crippen LogP contribution in [-0.4, -0.2) is 112 Å². The van der Waals surface area contributed by atoms with E-state index in [1.54, 1.807) is 93.6 Å². The Morgan fingerprint density at radius 1 is 0.877 bits per heavy atom. The summed E-state index contributed by atoms with van der Waals surface area (Å²) in [6, 6.07) is 21.1. The van der Waals surface area contributed by atoms with E-state index in [9.17, 15) is 39.3 Å². The molecule has 1 aliphatic heterocycles. The van der Waals surface area contributed by atoms with Gasteiger partial charge in [-0.2, -0.15) is 0 Å². The molecule has 0 aromatic heterocycles. The Kier molecular flexibility index (Phi) is 12.9. The van der Waals surface area contributed by atoms with Crippen LogP contribution < -0.4 is 10.1 Å². The maximum absolute atomic E-state index is 15.6. The third-order valence-corrected chi connectivity index (χ3v) is 13.9. The van der Waals surface area contributed by atoms with Crippen molar-refractivity contribution in [3.8, 4) is 5.75 Å². The highest BCUT2D eigenvalue weighted by Crippen LogP contribution is 2.64. The summed E-state index contributed by atoms with van der Waals surface area (Å²) in [4.78, 5) is 84.1. The van der Waals surface area contributed by atoms with Crippen LogP contribution >= 0.6 is 0 Å². The van der Waals surface area contributed by atoms with Crippen LogP contribution in [0.15, 0.2) is 96.1 Å². The SMILES string of the molecule is CCOc1cccc(C(=O)O[C@H]2[C@@H]3[C@]4(OC(C)=O)CO[C@@H]4C[C@H](O)[C@@]3(C)C(=O)[C@H](OC(C)=O)C3=C(C)[C@@H](OC(=O)[C@H](O)[C@@H](NC(=O)c4ccccc4)c4ccccc4)C[C@]2(O)C3(C)C)c1. The predicted octanol–water partition coefficient (Wildman–Crippen LogP) is 4.13. The fourth-order valence-corrected chi connectivity index (χ4v) is 10.5. The van der Waals surface area contributed by atoms with Gasteiger partial charge in [0, 0.05) is 37.7 Å². The van der Waals surface area contributed by atoms with Gasteiger partial charge < -0.3 is 49.1 Å². The zero-order valence-electron chi connectivity index (χ0n) is 37.3. The molecule has 346 valence electrons. The van der Waals surface area contributed by atoms with Crippen molar-refractivity contribution < 1.29 is 72.5 Å². The van der Waals surface area contributed by atoms with Crippen LogP contribution in [0.5, 0.6) is 5.75 Å². The van der Waals surface area contributed by atoms with Crippen LogP contribution in [-0.2, 0) is 42.9 Å². The molecule has 3 fully saturated rings.